The number of anilines is 1. The van der Waals surface area contributed by atoms with Gasteiger partial charge in [-0.1, -0.05) is 6.07 Å². The van der Waals surface area contributed by atoms with Gasteiger partial charge in [0, 0.05) is 31.7 Å². The average Bonchev–Trinajstić information content (AvgIpc) is 2.40. The van der Waals surface area contributed by atoms with Gasteiger partial charge in [-0.15, -0.1) is 24.8 Å². The number of piperazine rings is 1. The molecule has 1 fully saturated rings. The highest BCUT2D eigenvalue weighted by atomic mass is 35.5. The number of nitrogens with zero attached hydrogens (tertiary/aromatic N) is 1. The highest BCUT2D eigenvalue weighted by molar-refractivity contribution is 5.85. The Hall–Kier alpha value is -0.750. The summed E-state index contributed by atoms with van der Waals surface area (Å²) in [6, 6.07) is 3.08. The monoisotopic (exact) mass is 325 g/mol. The van der Waals surface area contributed by atoms with Gasteiger partial charge in [0.25, 0.3) is 0 Å². The van der Waals surface area contributed by atoms with Gasteiger partial charge in [-0.25, -0.2) is 4.39 Å². The van der Waals surface area contributed by atoms with Crippen molar-refractivity contribution in [2.45, 2.75) is 13.0 Å². The molecule has 0 spiro atoms. The van der Waals surface area contributed by atoms with Crippen molar-refractivity contribution in [2.24, 2.45) is 0 Å². The predicted molar refractivity (Wildman–Crippen MR) is 84.9 cm³/mol. The summed E-state index contributed by atoms with van der Waals surface area (Å²) >= 11 is 0. The first-order valence-electron chi connectivity index (χ1n) is 6.23. The number of hydrogen-bond acceptors (Lipinski definition) is 4. The Balaban J connectivity index is 0.00000180. The van der Waals surface area contributed by atoms with Crippen LogP contribution in [-0.4, -0.2) is 42.9 Å². The first-order valence-corrected chi connectivity index (χ1v) is 6.23. The van der Waals surface area contributed by atoms with Crippen molar-refractivity contribution in [1.82, 2.24) is 10.2 Å². The van der Waals surface area contributed by atoms with Crippen molar-refractivity contribution >= 4 is 30.5 Å². The molecule has 0 amide bonds. The highest BCUT2D eigenvalue weighted by Gasteiger charge is 2.26. The van der Waals surface area contributed by atoms with Gasteiger partial charge < -0.3 is 16.2 Å². The van der Waals surface area contributed by atoms with Crippen LogP contribution in [0.15, 0.2) is 12.1 Å². The minimum absolute atomic E-state index is 0. The summed E-state index contributed by atoms with van der Waals surface area (Å²) in [5.41, 5.74) is 7.52. The summed E-state index contributed by atoms with van der Waals surface area (Å²) in [4.78, 5) is 2.05. The Kier molecular flexibility index (Phi) is 8.20. The standard InChI is InChI=1S/C13H20FN3O.2ClH/c1-9-2-3-10(15)13(18)12(9)11(8-14)17-6-4-16-5-7-17;;/h2-3,11,16,18H,4-8,15H2,1H3;2*1H/t11-;;/m0../s1. The Morgan fingerprint density at radius 2 is 1.95 bits per heavy atom. The number of phenols is 1. The van der Waals surface area contributed by atoms with Gasteiger partial charge in [-0.05, 0) is 18.6 Å². The summed E-state index contributed by atoms with van der Waals surface area (Å²) in [5, 5.41) is 13.3. The van der Waals surface area contributed by atoms with Gasteiger partial charge in [0.05, 0.1) is 11.7 Å². The fourth-order valence-electron chi connectivity index (χ4n) is 2.50. The van der Waals surface area contributed by atoms with Crippen molar-refractivity contribution in [2.75, 3.05) is 38.6 Å². The molecular formula is C13H22Cl2FN3O. The van der Waals surface area contributed by atoms with Gasteiger partial charge in [-0.3, -0.25) is 4.90 Å². The summed E-state index contributed by atoms with van der Waals surface area (Å²) in [5.74, 6) is 0.0242. The lowest BCUT2D eigenvalue weighted by Gasteiger charge is -2.34. The molecule has 0 bridgehead atoms. The van der Waals surface area contributed by atoms with E-state index >= 15 is 0 Å². The molecule has 1 heterocycles. The van der Waals surface area contributed by atoms with Crippen LogP contribution in [0.4, 0.5) is 10.1 Å². The van der Waals surface area contributed by atoms with Crippen molar-refractivity contribution in [3.63, 3.8) is 0 Å². The molecule has 7 heteroatoms. The number of nitrogen functional groups attached to an aromatic ring is 1. The number of halogens is 3. The van der Waals surface area contributed by atoms with E-state index in [4.69, 9.17) is 5.73 Å². The first-order chi connectivity index (χ1) is 8.65. The maximum Gasteiger partial charge on any atom is 0.143 e. The quantitative estimate of drug-likeness (QED) is 0.588. The molecule has 1 aliphatic heterocycles. The molecule has 1 saturated heterocycles. The Morgan fingerprint density at radius 3 is 2.50 bits per heavy atom. The molecule has 1 atom stereocenters. The van der Waals surface area contributed by atoms with Crippen LogP contribution < -0.4 is 11.1 Å². The van der Waals surface area contributed by atoms with Crippen molar-refractivity contribution in [1.29, 1.82) is 0 Å². The number of hydrogen-bond donors (Lipinski definition) is 3. The van der Waals surface area contributed by atoms with Crippen LogP contribution in [0.2, 0.25) is 0 Å². The number of nitrogens with two attached hydrogens (primary N) is 1. The third-order valence-corrected chi connectivity index (χ3v) is 3.54. The number of phenolic OH excluding ortho intramolecular Hbond substituents is 1. The van der Waals surface area contributed by atoms with E-state index in [2.05, 4.69) is 10.2 Å². The van der Waals surface area contributed by atoms with E-state index in [9.17, 15) is 9.50 Å². The van der Waals surface area contributed by atoms with Crippen LogP contribution in [0.5, 0.6) is 5.75 Å². The number of benzene rings is 1. The molecule has 20 heavy (non-hydrogen) atoms. The fraction of sp³-hybridized carbons (Fsp3) is 0.538. The molecule has 0 saturated carbocycles. The Labute approximate surface area is 131 Å². The van der Waals surface area contributed by atoms with Gasteiger partial charge in [0.15, 0.2) is 0 Å². The number of aryl methyl sites for hydroxylation is 1. The fourth-order valence-corrected chi connectivity index (χ4v) is 2.50. The second-order valence-corrected chi connectivity index (χ2v) is 4.69. The average molecular weight is 326 g/mol. The Bertz CT molecular complexity index is 428. The van der Waals surface area contributed by atoms with Crippen LogP contribution >= 0.6 is 24.8 Å². The molecule has 0 aliphatic carbocycles. The van der Waals surface area contributed by atoms with Gasteiger partial charge >= 0.3 is 0 Å². The highest BCUT2D eigenvalue weighted by Crippen LogP contribution is 2.36. The van der Waals surface area contributed by atoms with Crippen molar-refractivity contribution in [3.8, 4) is 5.75 Å². The third kappa shape index (κ3) is 3.88. The molecule has 0 unspecified atom stereocenters. The van der Waals surface area contributed by atoms with E-state index in [1.807, 2.05) is 13.0 Å². The molecular weight excluding hydrogens is 304 g/mol. The Morgan fingerprint density at radius 1 is 1.35 bits per heavy atom. The van der Waals surface area contributed by atoms with Crippen molar-refractivity contribution < 1.29 is 9.50 Å². The smallest absolute Gasteiger partial charge is 0.143 e. The molecule has 116 valence electrons. The molecule has 1 aliphatic rings. The van der Waals surface area contributed by atoms with Crippen LogP contribution in [0.25, 0.3) is 0 Å². The molecule has 2 rings (SSSR count). The summed E-state index contributed by atoms with van der Waals surface area (Å²) < 4.78 is 13.4. The number of alkyl halides is 1. The summed E-state index contributed by atoms with van der Waals surface area (Å²) in [6.07, 6.45) is 0. The normalized spacial score (nSPS) is 16.9. The minimum Gasteiger partial charge on any atom is -0.505 e. The molecule has 0 aromatic heterocycles. The van der Waals surface area contributed by atoms with E-state index in [0.717, 1.165) is 31.7 Å². The summed E-state index contributed by atoms with van der Waals surface area (Å²) in [7, 11) is 0. The minimum atomic E-state index is -0.516. The number of aromatic hydroxyl groups is 1. The van der Waals surface area contributed by atoms with Gasteiger partial charge in [-0.2, -0.15) is 0 Å². The van der Waals surface area contributed by atoms with E-state index in [1.165, 1.54) is 0 Å². The zero-order chi connectivity index (χ0) is 13.1. The van der Waals surface area contributed by atoms with Gasteiger partial charge in [0.1, 0.15) is 12.4 Å². The third-order valence-electron chi connectivity index (χ3n) is 3.54. The number of rotatable bonds is 3. The molecule has 1 aromatic carbocycles. The van der Waals surface area contributed by atoms with Crippen LogP contribution in [0.1, 0.15) is 17.2 Å². The molecule has 1 aromatic rings. The molecule has 4 N–H and O–H groups in total. The van der Waals surface area contributed by atoms with Crippen LogP contribution in [0.3, 0.4) is 0 Å². The van der Waals surface area contributed by atoms with E-state index in [1.54, 1.807) is 6.07 Å². The number of nitrogens with one attached hydrogen (secondary N) is 1. The first kappa shape index (κ1) is 19.2. The topological polar surface area (TPSA) is 61.5 Å². The second kappa shape index (κ2) is 8.52. The SMILES string of the molecule is Cc1ccc(N)c(O)c1[C@H](CF)N1CCNCC1.Cl.Cl. The molecule has 4 nitrogen and oxygen atoms in total. The summed E-state index contributed by atoms with van der Waals surface area (Å²) in [6.45, 7) is 4.61. The zero-order valence-electron chi connectivity index (χ0n) is 11.4. The van der Waals surface area contributed by atoms with E-state index in [0.29, 0.717) is 11.3 Å². The predicted octanol–water partition coefficient (Wildman–Crippen LogP) is 2.04. The largest absolute Gasteiger partial charge is 0.505 e. The lowest BCUT2D eigenvalue weighted by atomic mass is 9.98. The molecule has 0 radical (unpaired) electrons. The lowest BCUT2D eigenvalue weighted by molar-refractivity contribution is 0.145. The van der Waals surface area contributed by atoms with Crippen molar-refractivity contribution in [3.05, 3.63) is 23.3 Å². The van der Waals surface area contributed by atoms with Crippen LogP contribution in [-0.2, 0) is 0 Å². The van der Waals surface area contributed by atoms with E-state index < -0.39 is 12.7 Å². The maximum atomic E-state index is 13.4. The van der Waals surface area contributed by atoms with E-state index in [-0.39, 0.29) is 30.6 Å². The lowest BCUT2D eigenvalue weighted by Crippen LogP contribution is -2.45. The second-order valence-electron chi connectivity index (χ2n) is 4.69. The van der Waals surface area contributed by atoms with Crippen LogP contribution in [0, 0.1) is 6.92 Å². The zero-order valence-corrected chi connectivity index (χ0v) is 13.1. The van der Waals surface area contributed by atoms with Gasteiger partial charge in [0.2, 0.25) is 0 Å². The maximum absolute atomic E-state index is 13.4.